The molecule has 2 rings (SSSR count). The summed E-state index contributed by atoms with van der Waals surface area (Å²) in [4.78, 5) is 0. The third-order valence-corrected chi connectivity index (χ3v) is 2.98. The Hall–Kier alpha value is -0.650. The largest absolute Gasteiger partial charge is 0.218 e. The van der Waals surface area contributed by atoms with Crippen molar-refractivity contribution in [3.8, 4) is 0 Å². The van der Waals surface area contributed by atoms with Gasteiger partial charge in [0.15, 0.2) is 0 Å². The van der Waals surface area contributed by atoms with Gasteiger partial charge in [0.25, 0.3) is 0 Å². The van der Waals surface area contributed by atoms with Crippen molar-refractivity contribution in [3.63, 3.8) is 0 Å². The van der Waals surface area contributed by atoms with Crippen LogP contribution in [0.5, 0.6) is 0 Å². The molecule has 0 unspecified atom stereocenters. The van der Waals surface area contributed by atoms with Gasteiger partial charge in [-0.3, -0.25) is 0 Å². The second kappa shape index (κ2) is 4.47. The second-order valence-electron chi connectivity index (χ2n) is 2.84. The van der Waals surface area contributed by atoms with Crippen LogP contribution < -0.4 is 0 Å². The van der Waals surface area contributed by atoms with Crippen molar-refractivity contribution in [1.29, 1.82) is 0 Å². The van der Waals surface area contributed by atoms with Crippen molar-refractivity contribution in [3.05, 3.63) is 38.5 Å². The van der Waals surface area contributed by atoms with E-state index in [2.05, 4.69) is 31.5 Å². The summed E-state index contributed by atoms with van der Waals surface area (Å²) in [6.07, 6.45) is 0. The summed E-state index contributed by atoms with van der Waals surface area (Å²) in [6, 6.07) is 5.32. The van der Waals surface area contributed by atoms with Crippen LogP contribution in [0.25, 0.3) is 0 Å². The Morgan fingerprint density at radius 1 is 1.33 bits per heavy atom. The minimum atomic E-state index is 0.504. The standard InChI is InChI=1S/C8H5BrCl2N4/c9-8-12-13-14-15(8)4-5-1-2-6(10)3-7(5)11/h1-3H,4H2. The van der Waals surface area contributed by atoms with E-state index in [0.717, 1.165) is 5.56 Å². The molecule has 4 nitrogen and oxygen atoms in total. The van der Waals surface area contributed by atoms with E-state index in [4.69, 9.17) is 23.2 Å². The maximum absolute atomic E-state index is 6.02. The van der Waals surface area contributed by atoms with E-state index in [1.165, 1.54) is 0 Å². The smallest absolute Gasteiger partial charge is 0.215 e. The Labute approximate surface area is 104 Å². The van der Waals surface area contributed by atoms with Gasteiger partial charge in [-0.25, -0.2) is 4.68 Å². The molecule has 0 aliphatic heterocycles. The molecule has 0 aliphatic rings. The normalized spacial score (nSPS) is 10.6. The number of nitrogens with zero attached hydrogens (tertiary/aromatic N) is 4. The monoisotopic (exact) mass is 306 g/mol. The lowest BCUT2D eigenvalue weighted by Crippen LogP contribution is -2.02. The van der Waals surface area contributed by atoms with Gasteiger partial charge in [-0.2, -0.15) is 0 Å². The fraction of sp³-hybridized carbons (Fsp3) is 0.125. The molecular formula is C8H5BrCl2N4. The fourth-order valence-electron chi connectivity index (χ4n) is 1.10. The van der Waals surface area contributed by atoms with Gasteiger partial charge >= 0.3 is 0 Å². The molecule has 0 radical (unpaired) electrons. The van der Waals surface area contributed by atoms with Crippen LogP contribution in [0.3, 0.4) is 0 Å². The molecule has 1 heterocycles. The summed E-state index contributed by atoms with van der Waals surface area (Å²) in [5, 5.41) is 12.2. The lowest BCUT2D eigenvalue weighted by Gasteiger charge is -2.04. The highest BCUT2D eigenvalue weighted by atomic mass is 79.9. The first-order chi connectivity index (χ1) is 7.16. The highest BCUT2D eigenvalue weighted by Crippen LogP contribution is 2.22. The minimum Gasteiger partial charge on any atom is -0.215 e. The van der Waals surface area contributed by atoms with E-state index in [1.54, 1.807) is 16.8 Å². The number of tetrazole rings is 1. The zero-order valence-electron chi connectivity index (χ0n) is 7.36. The van der Waals surface area contributed by atoms with Gasteiger partial charge in [0.2, 0.25) is 4.73 Å². The van der Waals surface area contributed by atoms with Crippen LogP contribution in [-0.2, 0) is 6.54 Å². The minimum absolute atomic E-state index is 0.504. The molecule has 0 aliphatic carbocycles. The molecule has 0 atom stereocenters. The summed E-state index contributed by atoms with van der Waals surface area (Å²) in [7, 11) is 0. The zero-order chi connectivity index (χ0) is 10.8. The molecule has 0 fully saturated rings. The van der Waals surface area contributed by atoms with E-state index < -0.39 is 0 Å². The van der Waals surface area contributed by atoms with E-state index in [1.807, 2.05) is 6.07 Å². The molecule has 0 amide bonds. The highest BCUT2D eigenvalue weighted by Gasteiger charge is 2.06. The first-order valence-corrected chi connectivity index (χ1v) is 5.57. The van der Waals surface area contributed by atoms with Gasteiger partial charge in [-0.15, -0.1) is 5.10 Å². The maximum Gasteiger partial charge on any atom is 0.218 e. The number of hydrogen-bond donors (Lipinski definition) is 0. The molecule has 78 valence electrons. The van der Waals surface area contributed by atoms with Crippen LogP contribution in [0, 0.1) is 0 Å². The van der Waals surface area contributed by atoms with Crippen molar-refractivity contribution in [1.82, 2.24) is 20.2 Å². The molecule has 2 aromatic rings. The maximum atomic E-state index is 6.02. The fourth-order valence-corrected chi connectivity index (χ4v) is 1.84. The molecule has 1 aromatic heterocycles. The molecule has 0 spiro atoms. The molecule has 0 saturated carbocycles. The van der Waals surface area contributed by atoms with Crippen LogP contribution in [0.2, 0.25) is 10.0 Å². The Morgan fingerprint density at radius 3 is 2.73 bits per heavy atom. The van der Waals surface area contributed by atoms with E-state index in [9.17, 15) is 0 Å². The SMILES string of the molecule is Clc1ccc(Cn2nnnc2Br)c(Cl)c1. The summed E-state index contributed by atoms with van der Waals surface area (Å²) in [5.41, 5.74) is 0.911. The van der Waals surface area contributed by atoms with Crippen molar-refractivity contribution in [2.75, 3.05) is 0 Å². The summed E-state index contributed by atoms with van der Waals surface area (Å²) in [5.74, 6) is 0. The van der Waals surface area contributed by atoms with Gasteiger partial charge in [-0.05, 0) is 44.1 Å². The van der Waals surface area contributed by atoms with Crippen molar-refractivity contribution >= 4 is 39.1 Å². The average Bonchev–Trinajstić information content (AvgIpc) is 2.57. The van der Waals surface area contributed by atoms with Crippen molar-refractivity contribution in [2.45, 2.75) is 6.54 Å². The highest BCUT2D eigenvalue weighted by molar-refractivity contribution is 9.10. The third kappa shape index (κ3) is 2.48. The van der Waals surface area contributed by atoms with Crippen LogP contribution in [0.1, 0.15) is 5.56 Å². The first-order valence-electron chi connectivity index (χ1n) is 4.02. The number of aromatic nitrogens is 4. The predicted molar refractivity (Wildman–Crippen MR) is 61.1 cm³/mol. The Kier molecular flexibility index (Phi) is 3.23. The molecule has 0 N–H and O–H groups in total. The summed E-state index contributed by atoms with van der Waals surface area (Å²) in [6.45, 7) is 0.504. The number of rotatable bonds is 2. The van der Waals surface area contributed by atoms with Crippen LogP contribution >= 0.6 is 39.1 Å². The Balaban J connectivity index is 2.29. The molecular weight excluding hydrogens is 303 g/mol. The van der Waals surface area contributed by atoms with Crippen LogP contribution in [0.15, 0.2) is 22.9 Å². The molecule has 7 heteroatoms. The van der Waals surface area contributed by atoms with Gasteiger partial charge in [-0.1, -0.05) is 29.3 Å². The lowest BCUT2D eigenvalue weighted by molar-refractivity contribution is 0.638. The van der Waals surface area contributed by atoms with Crippen molar-refractivity contribution in [2.24, 2.45) is 0 Å². The van der Waals surface area contributed by atoms with Crippen LogP contribution in [0.4, 0.5) is 0 Å². The van der Waals surface area contributed by atoms with Gasteiger partial charge in [0.1, 0.15) is 0 Å². The Bertz CT molecular complexity index is 485. The number of benzene rings is 1. The molecule has 0 bridgehead atoms. The zero-order valence-corrected chi connectivity index (χ0v) is 10.5. The van der Waals surface area contributed by atoms with Gasteiger partial charge in [0, 0.05) is 10.0 Å². The Morgan fingerprint density at radius 2 is 2.13 bits per heavy atom. The van der Waals surface area contributed by atoms with E-state index in [-0.39, 0.29) is 0 Å². The van der Waals surface area contributed by atoms with Crippen LogP contribution in [-0.4, -0.2) is 20.2 Å². The van der Waals surface area contributed by atoms with E-state index in [0.29, 0.717) is 21.3 Å². The lowest BCUT2D eigenvalue weighted by atomic mass is 10.2. The molecule has 15 heavy (non-hydrogen) atoms. The first kappa shape index (κ1) is 10.9. The predicted octanol–water partition coefficient (Wildman–Crippen LogP) is 2.79. The topological polar surface area (TPSA) is 43.6 Å². The quantitative estimate of drug-likeness (QED) is 0.857. The van der Waals surface area contributed by atoms with Gasteiger partial charge < -0.3 is 0 Å². The summed E-state index contributed by atoms with van der Waals surface area (Å²) >= 11 is 15.0. The summed E-state index contributed by atoms with van der Waals surface area (Å²) < 4.78 is 2.16. The van der Waals surface area contributed by atoms with Gasteiger partial charge in [0.05, 0.1) is 6.54 Å². The second-order valence-corrected chi connectivity index (χ2v) is 4.39. The van der Waals surface area contributed by atoms with Crippen molar-refractivity contribution < 1.29 is 0 Å². The third-order valence-electron chi connectivity index (χ3n) is 1.82. The number of hydrogen-bond acceptors (Lipinski definition) is 3. The van der Waals surface area contributed by atoms with E-state index >= 15 is 0 Å². The molecule has 1 aromatic carbocycles. The number of halogens is 3. The molecule has 0 saturated heterocycles. The average molecular weight is 308 g/mol.